The average molecular weight is 309 g/mol. The van der Waals surface area contributed by atoms with E-state index in [4.69, 9.17) is 0 Å². The zero-order chi connectivity index (χ0) is 15.2. The molecule has 0 spiro atoms. The lowest BCUT2D eigenvalue weighted by atomic mass is 9.80. The number of fused-ring (bicyclic) bond motifs is 1. The normalized spacial score (nSPS) is 17.1. The Morgan fingerprint density at radius 1 is 1.09 bits per heavy atom. The van der Waals surface area contributed by atoms with Crippen LogP contribution >= 0.6 is 11.3 Å². The molecule has 1 aromatic heterocycles. The summed E-state index contributed by atoms with van der Waals surface area (Å²) in [5.41, 5.74) is 6.37. The number of aromatic nitrogens is 1. The Bertz CT molecular complexity index is 830. The lowest BCUT2D eigenvalue weighted by Crippen LogP contribution is -2.16. The lowest BCUT2D eigenvalue weighted by Gasteiger charge is -2.25. The second-order valence-electron chi connectivity index (χ2n) is 6.50. The second-order valence-corrected chi connectivity index (χ2v) is 7.39. The molecule has 0 amide bonds. The molecule has 22 heavy (non-hydrogen) atoms. The fourth-order valence-electron chi connectivity index (χ4n) is 3.67. The van der Waals surface area contributed by atoms with Gasteiger partial charge in [0.2, 0.25) is 0 Å². The molecule has 0 atom stereocenters. The third-order valence-electron chi connectivity index (χ3n) is 5.05. The summed E-state index contributed by atoms with van der Waals surface area (Å²) in [5, 5.41) is 10.4. The van der Waals surface area contributed by atoms with Gasteiger partial charge < -0.3 is 5.11 Å². The molecule has 1 heterocycles. The minimum absolute atomic E-state index is 0.248. The molecule has 1 aliphatic carbocycles. The van der Waals surface area contributed by atoms with E-state index in [0.717, 1.165) is 21.3 Å². The number of hydrogen-bond acceptors (Lipinski definition) is 3. The molecule has 1 fully saturated rings. The van der Waals surface area contributed by atoms with Gasteiger partial charge in [0, 0.05) is 11.1 Å². The predicted molar refractivity (Wildman–Crippen MR) is 92.5 cm³/mol. The molecule has 2 aromatic carbocycles. The molecule has 0 aliphatic heterocycles. The Morgan fingerprint density at radius 3 is 2.73 bits per heavy atom. The predicted octanol–water partition coefficient (Wildman–Crippen LogP) is 5.50. The van der Waals surface area contributed by atoms with Gasteiger partial charge in [0.05, 0.1) is 15.7 Å². The van der Waals surface area contributed by atoms with Crippen LogP contribution in [0.3, 0.4) is 0 Å². The van der Waals surface area contributed by atoms with Crippen molar-refractivity contribution in [1.82, 2.24) is 4.98 Å². The summed E-state index contributed by atoms with van der Waals surface area (Å²) in [5.74, 6) is 0.339. The van der Waals surface area contributed by atoms with E-state index in [-0.39, 0.29) is 5.41 Å². The van der Waals surface area contributed by atoms with Gasteiger partial charge in [-0.1, -0.05) is 38.0 Å². The molecule has 1 aliphatic rings. The molecule has 3 aromatic rings. The van der Waals surface area contributed by atoms with Crippen molar-refractivity contribution in [3.05, 3.63) is 47.5 Å². The maximum Gasteiger partial charge on any atom is 0.123 e. The fraction of sp³-hybridized carbons (Fsp3) is 0.316. The number of rotatable bonds is 2. The summed E-state index contributed by atoms with van der Waals surface area (Å²) in [6.07, 6.45) is 5.07. The third-order valence-corrected chi connectivity index (χ3v) is 5.85. The van der Waals surface area contributed by atoms with Crippen LogP contribution in [0.15, 0.2) is 41.9 Å². The van der Waals surface area contributed by atoms with E-state index < -0.39 is 0 Å². The first-order valence-corrected chi connectivity index (χ1v) is 8.71. The highest BCUT2D eigenvalue weighted by molar-refractivity contribution is 7.16. The number of phenolic OH excluding ortho intramolecular Hbond substituents is 1. The van der Waals surface area contributed by atoms with Crippen LogP contribution in [0.5, 0.6) is 5.75 Å². The molecule has 4 rings (SSSR count). The molecule has 1 N–H and O–H groups in total. The summed E-state index contributed by atoms with van der Waals surface area (Å²) in [7, 11) is 0. The molecule has 3 heteroatoms. The van der Waals surface area contributed by atoms with Gasteiger partial charge in [-0.05, 0) is 42.0 Å². The number of hydrogen-bond donors (Lipinski definition) is 1. The summed E-state index contributed by atoms with van der Waals surface area (Å²) < 4.78 is 1.16. The first-order chi connectivity index (χ1) is 10.7. The highest BCUT2D eigenvalue weighted by Gasteiger charge is 2.31. The van der Waals surface area contributed by atoms with Crippen molar-refractivity contribution < 1.29 is 5.11 Å². The number of phenols is 1. The number of aromatic hydroxyl groups is 1. The minimum Gasteiger partial charge on any atom is -0.507 e. The standard InChI is InChI=1S/C19H19NOS/c1-19(9-2-3-10-19)13-7-8-16(21)15(11-13)14-5-4-6-17-18(14)20-12-22-17/h4-8,11-12,21H,2-3,9-10H2,1H3. The maximum atomic E-state index is 10.4. The molecule has 0 radical (unpaired) electrons. The van der Waals surface area contributed by atoms with Crippen LogP contribution in [0.1, 0.15) is 38.2 Å². The SMILES string of the molecule is CC1(c2ccc(O)c(-c3cccc4scnc34)c2)CCCC1. The number of para-hydroxylation sites is 1. The van der Waals surface area contributed by atoms with Gasteiger partial charge >= 0.3 is 0 Å². The smallest absolute Gasteiger partial charge is 0.123 e. The summed E-state index contributed by atoms with van der Waals surface area (Å²) in [4.78, 5) is 4.49. The molecular formula is C19H19NOS. The van der Waals surface area contributed by atoms with Crippen LogP contribution in [0, 0.1) is 0 Å². The van der Waals surface area contributed by atoms with E-state index >= 15 is 0 Å². The van der Waals surface area contributed by atoms with Crippen molar-refractivity contribution in [2.45, 2.75) is 38.0 Å². The minimum atomic E-state index is 0.248. The van der Waals surface area contributed by atoms with Gasteiger partial charge in [0.1, 0.15) is 5.75 Å². The zero-order valence-electron chi connectivity index (χ0n) is 12.7. The molecule has 112 valence electrons. The Kier molecular flexibility index (Phi) is 3.19. The van der Waals surface area contributed by atoms with Gasteiger partial charge in [-0.3, -0.25) is 0 Å². The monoisotopic (exact) mass is 309 g/mol. The second kappa shape index (κ2) is 5.10. The Labute approximate surface area is 134 Å². The molecule has 0 unspecified atom stereocenters. The van der Waals surface area contributed by atoms with Crippen molar-refractivity contribution in [2.75, 3.05) is 0 Å². The van der Waals surface area contributed by atoms with Crippen LogP contribution in [-0.2, 0) is 5.41 Å². The van der Waals surface area contributed by atoms with E-state index in [1.807, 2.05) is 17.6 Å². The van der Waals surface area contributed by atoms with Crippen molar-refractivity contribution in [3.63, 3.8) is 0 Å². The number of thiazole rings is 1. The van der Waals surface area contributed by atoms with Crippen molar-refractivity contribution in [1.29, 1.82) is 0 Å². The van der Waals surface area contributed by atoms with Crippen LogP contribution in [0.2, 0.25) is 0 Å². The quantitative estimate of drug-likeness (QED) is 0.678. The summed E-state index contributed by atoms with van der Waals surface area (Å²) in [6.45, 7) is 2.35. The number of nitrogens with zero attached hydrogens (tertiary/aromatic N) is 1. The van der Waals surface area contributed by atoms with Crippen molar-refractivity contribution in [3.8, 4) is 16.9 Å². The Balaban J connectivity index is 1.90. The Hall–Kier alpha value is -1.87. The van der Waals surface area contributed by atoms with Gasteiger partial charge in [0.15, 0.2) is 0 Å². The van der Waals surface area contributed by atoms with E-state index in [2.05, 4.69) is 36.2 Å². The van der Waals surface area contributed by atoms with E-state index in [1.165, 1.54) is 31.2 Å². The van der Waals surface area contributed by atoms with Gasteiger partial charge in [-0.25, -0.2) is 4.98 Å². The average Bonchev–Trinajstić information content (AvgIpc) is 3.17. The van der Waals surface area contributed by atoms with E-state index in [9.17, 15) is 5.11 Å². The molecule has 2 nitrogen and oxygen atoms in total. The topological polar surface area (TPSA) is 33.1 Å². The molecular weight excluding hydrogens is 290 g/mol. The van der Waals surface area contributed by atoms with Crippen molar-refractivity contribution >= 4 is 21.6 Å². The number of benzene rings is 2. The van der Waals surface area contributed by atoms with Gasteiger partial charge in [-0.15, -0.1) is 11.3 Å². The highest BCUT2D eigenvalue weighted by Crippen LogP contribution is 2.44. The Morgan fingerprint density at radius 2 is 1.91 bits per heavy atom. The molecule has 1 saturated carbocycles. The first-order valence-electron chi connectivity index (χ1n) is 7.83. The molecule has 0 bridgehead atoms. The lowest BCUT2D eigenvalue weighted by molar-refractivity contribution is 0.471. The fourth-order valence-corrected chi connectivity index (χ4v) is 4.38. The highest BCUT2D eigenvalue weighted by atomic mass is 32.1. The third kappa shape index (κ3) is 2.12. The van der Waals surface area contributed by atoms with E-state index in [0.29, 0.717) is 5.75 Å². The van der Waals surface area contributed by atoms with E-state index in [1.54, 1.807) is 11.3 Å². The van der Waals surface area contributed by atoms with Crippen molar-refractivity contribution in [2.24, 2.45) is 0 Å². The van der Waals surface area contributed by atoms with Crippen LogP contribution in [0.4, 0.5) is 0 Å². The summed E-state index contributed by atoms with van der Waals surface area (Å²) in [6, 6.07) is 12.3. The first kappa shape index (κ1) is 13.8. The van der Waals surface area contributed by atoms with Crippen LogP contribution in [0.25, 0.3) is 21.3 Å². The van der Waals surface area contributed by atoms with Gasteiger partial charge in [-0.2, -0.15) is 0 Å². The largest absolute Gasteiger partial charge is 0.507 e. The van der Waals surface area contributed by atoms with Crippen LogP contribution in [-0.4, -0.2) is 10.1 Å². The summed E-state index contributed by atoms with van der Waals surface area (Å²) >= 11 is 1.64. The molecule has 0 saturated heterocycles. The van der Waals surface area contributed by atoms with Gasteiger partial charge in [0.25, 0.3) is 0 Å². The maximum absolute atomic E-state index is 10.4. The van der Waals surface area contributed by atoms with Crippen LogP contribution < -0.4 is 0 Å². The zero-order valence-corrected chi connectivity index (χ0v) is 13.5.